The van der Waals surface area contributed by atoms with Crippen molar-refractivity contribution in [2.75, 3.05) is 5.32 Å². The van der Waals surface area contributed by atoms with E-state index in [0.29, 0.717) is 29.0 Å². The maximum Gasteiger partial charge on any atom is 0.257 e. The highest BCUT2D eigenvalue weighted by molar-refractivity contribution is 7.15. The highest BCUT2D eigenvalue weighted by Crippen LogP contribution is 2.42. The molecule has 4 aromatic rings. The van der Waals surface area contributed by atoms with Gasteiger partial charge < -0.3 is 9.14 Å². The van der Waals surface area contributed by atoms with E-state index in [1.165, 1.54) is 16.9 Å². The molecule has 1 aliphatic carbocycles. The lowest BCUT2D eigenvalue weighted by atomic mass is 10.2. The van der Waals surface area contributed by atoms with Crippen LogP contribution in [0.5, 0.6) is 5.75 Å². The minimum atomic E-state index is -0.225. The predicted octanol–water partition coefficient (Wildman–Crippen LogP) is 4.20. The number of aryl methyl sites for hydroxylation is 1. The minimum absolute atomic E-state index is 0.225. The second-order valence-corrected chi connectivity index (χ2v) is 8.20. The number of carbonyl (C=O) groups is 1. The molecule has 7 nitrogen and oxygen atoms in total. The fourth-order valence-corrected chi connectivity index (χ4v) is 3.97. The number of aromatic nitrogens is 4. The smallest absolute Gasteiger partial charge is 0.257 e. The van der Waals surface area contributed by atoms with Crippen molar-refractivity contribution in [3.05, 3.63) is 70.6 Å². The quantitative estimate of drug-likeness (QED) is 0.520. The Morgan fingerprint density at radius 2 is 2.14 bits per heavy atom. The number of anilines is 1. The molecular formula is C21H19N5O2S. The van der Waals surface area contributed by atoms with E-state index in [2.05, 4.69) is 20.5 Å². The lowest BCUT2D eigenvalue weighted by Gasteiger charge is -2.06. The van der Waals surface area contributed by atoms with Gasteiger partial charge in [-0.15, -0.1) is 10.2 Å². The second kappa shape index (κ2) is 7.29. The van der Waals surface area contributed by atoms with Crippen LogP contribution in [0.15, 0.2) is 48.8 Å². The Morgan fingerprint density at radius 3 is 3.00 bits per heavy atom. The summed E-state index contributed by atoms with van der Waals surface area (Å²) in [6.07, 6.45) is 6.30. The summed E-state index contributed by atoms with van der Waals surface area (Å²) >= 11 is 1.45. The molecule has 3 aromatic heterocycles. The fourth-order valence-electron chi connectivity index (χ4n) is 3.06. The summed E-state index contributed by atoms with van der Waals surface area (Å²) in [7, 11) is 0. The molecule has 0 unspecified atom stereocenters. The number of nitrogens with zero attached hydrogens (tertiary/aromatic N) is 4. The first-order valence-corrected chi connectivity index (χ1v) is 10.3. The molecular weight excluding hydrogens is 386 g/mol. The van der Waals surface area contributed by atoms with E-state index in [9.17, 15) is 4.79 Å². The van der Waals surface area contributed by atoms with Crippen LogP contribution in [0.25, 0.3) is 5.65 Å². The first-order valence-electron chi connectivity index (χ1n) is 9.46. The summed E-state index contributed by atoms with van der Waals surface area (Å²) in [5, 5.41) is 12.6. The topological polar surface area (TPSA) is 81.4 Å². The van der Waals surface area contributed by atoms with Crippen LogP contribution in [-0.4, -0.2) is 25.5 Å². The number of carbonyl (C=O) groups excluding carboxylic acids is 1. The summed E-state index contributed by atoms with van der Waals surface area (Å²) in [6, 6.07) is 11.1. The normalized spacial score (nSPS) is 13.6. The summed E-state index contributed by atoms with van der Waals surface area (Å²) in [5.74, 6) is 0.914. The molecule has 0 aliphatic heterocycles. The minimum Gasteiger partial charge on any atom is -0.487 e. The molecule has 1 saturated carbocycles. The Balaban J connectivity index is 1.25. The average molecular weight is 405 g/mol. The molecule has 0 radical (unpaired) electrons. The van der Waals surface area contributed by atoms with Crippen molar-refractivity contribution in [1.82, 2.24) is 19.6 Å². The number of pyridine rings is 1. The zero-order chi connectivity index (χ0) is 19.8. The van der Waals surface area contributed by atoms with E-state index < -0.39 is 0 Å². The van der Waals surface area contributed by atoms with Crippen molar-refractivity contribution in [2.45, 2.75) is 32.3 Å². The molecule has 1 fully saturated rings. The van der Waals surface area contributed by atoms with Gasteiger partial charge in [0.2, 0.25) is 5.13 Å². The highest BCUT2D eigenvalue weighted by atomic mass is 32.1. The fraction of sp³-hybridized carbons (Fsp3) is 0.238. The SMILES string of the molecule is Cc1ccc2nc(COc3cccc(C(=O)Nc4nnc(C5CC5)s4)c3)cn2c1. The van der Waals surface area contributed by atoms with Crippen molar-refractivity contribution < 1.29 is 9.53 Å². The third-order valence-electron chi connectivity index (χ3n) is 4.72. The molecule has 0 saturated heterocycles. The van der Waals surface area contributed by atoms with Crippen LogP contribution < -0.4 is 10.1 Å². The lowest BCUT2D eigenvalue weighted by molar-refractivity contribution is 0.102. The molecule has 1 N–H and O–H groups in total. The van der Waals surface area contributed by atoms with Gasteiger partial charge in [0.25, 0.3) is 5.91 Å². The van der Waals surface area contributed by atoms with Crippen LogP contribution in [-0.2, 0) is 6.61 Å². The number of benzene rings is 1. The summed E-state index contributed by atoms with van der Waals surface area (Å²) in [5.41, 5.74) is 3.38. The third-order valence-corrected chi connectivity index (χ3v) is 5.72. The van der Waals surface area contributed by atoms with Gasteiger partial charge in [-0.25, -0.2) is 4.98 Å². The van der Waals surface area contributed by atoms with Crippen molar-refractivity contribution >= 4 is 28.0 Å². The van der Waals surface area contributed by atoms with E-state index in [-0.39, 0.29) is 5.91 Å². The number of rotatable bonds is 6. The Bertz CT molecular complexity index is 1190. The standard InChI is InChI=1S/C21H19N5O2S/c1-13-5-8-18-22-16(11-26(18)10-13)12-28-17-4-2-3-15(9-17)19(27)23-21-25-24-20(29-21)14-6-7-14/h2-5,8-11,14H,6-7,12H2,1H3,(H,23,25,27). The van der Waals surface area contributed by atoms with Crippen molar-refractivity contribution in [3.63, 3.8) is 0 Å². The van der Waals surface area contributed by atoms with Crippen LogP contribution in [0.2, 0.25) is 0 Å². The molecule has 5 rings (SSSR count). The molecule has 0 bridgehead atoms. The number of imidazole rings is 1. The summed E-state index contributed by atoms with van der Waals surface area (Å²) in [6.45, 7) is 2.37. The van der Waals surface area contributed by atoms with Gasteiger partial charge in [0.15, 0.2) is 0 Å². The molecule has 1 aromatic carbocycles. The molecule has 0 atom stereocenters. The Kier molecular flexibility index (Phi) is 4.48. The van der Waals surface area contributed by atoms with Crippen LogP contribution in [0.1, 0.15) is 45.4 Å². The number of hydrogen-bond donors (Lipinski definition) is 1. The van der Waals surface area contributed by atoms with E-state index in [4.69, 9.17) is 4.74 Å². The van der Waals surface area contributed by atoms with Gasteiger partial charge in [0.1, 0.15) is 23.0 Å². The van der Waals surface area contributed by atoms with Gasteiger partial charge in [0, 0.05) is 23.9 Å². The molecule has 3 heterocycles. The van der Waals surface area contributed by atoms with Crippen molar-refractivity contribution in [1.29, 1.82) is 0 Å². The number of hydrogen-bond acceptors (Lipinski definition) is 6. The van der Waals surface area contributed by atoms with Crippen molar-refractivity contribution in [2.24, 2.45) is 0 Å². The van der Waals surface area contributed by atoms with Crippen LogP contribution in [0.4, 0.5) is 5.13 Å². The van der Waals surface area contributed by atoms with Crippen LogP contribution >= 0.6 is 11.3 Å². The summed E-state index contributed by atoms with van der Waals surface area (Å²) in [4.78, 5) is 17.1. The number of fused-ring (bicyclic) bond motifs is 1. The van der Waals surface area contributed by atoms with Gasteiger partial charge >= 0.3 is 0 Å². The zero-order valence-electron chi connectivity index (χ0n) is 15.8. The first-order chi connectivity index (χ1) is 14.1. The maximum atomic E-state index is 12.5. The number of ether oxygens (including phenoxy) is 1. The Labute approximate surface area is 171 Å². The average Bonchev–Trinajstić information content (AvgIpc) is 3.33. The van der Waals surface area contributed by atoms with Crippen molar-refractivity contribution in [3.8, 4) is 5.75 Å². The van der Waals surface area contributed by atoms with Gasteiger partial charge in [-0.1, -0.05) is 23.5 Å². The molecule has 1 amide bonds. The van der Waals surface area contributed by atoms with Crippen LogP contribution in [0.3, 0.4) is 0 Å². The molecule has 29 heavy (non-hydrogen) atoms. The molecule has 8 heteroatoms. The van der Waals surface area contributed by atoms with Gasteiger partial charge in [-0.2, -0.15) is 0 Å². The summed E-state index contributed by atoms with van der Waals surface area (Å²) < 4.78 is 7.84. The lowest BCUT2D eigenvalue weighted by Crippen LogP contribution is -2.11. The molecule has 1 aliphatic rings. The van der Waals surface area contributed by atoms with Gasteiger partial charge in [-0.3, -0.25) is 10.1 Å². The van der Waals surface area contributed by atoms with E-state index >= 15 is 0 Å². The predicted molar refractivity (Wildman–Crippen MR) is 111 cm³/mol. The van der Waals surface area contributed by atoms with E-state index in [1.54, 1.807) is 18.2 Å². The Morgan fingerprint density at radius 1 is 1.24 bits per heavy atom. The van der Waals surface area contributed by atoms with E-state index in [0.717, 1.165) is 29.2 Å². The highest BCUT2D eigenvalue weighted by Gasteiger charge is 2.27. The largest absolute Gasteiger partial charge is 0.487 e. The molecule has 146 valence electrons. The Hall–Kier alpha value is -3.26. The van der Waals surface area contributed by atoms with E-state index in [1.807, 2.05) is 41.9 Å². The van der Waals surface area contributed by atoms with Gasteiger partial charge in [0.05, 0.1) is 5.69 Å². The first kappa shape index (κ1) is 17.8. The zero-order valence-corrected chi connectivity index (χ0v) is 16.6. The third kappa shape index (κ3) is 3.97. The second-order valence-electron chi connectivity index (χ2n) is 7.19. The number of nitrogens with one attached hydrogen (secondary N) is 1. The maximum absolute atomic E-state index is 12.5. The van der Waals surface area contributed by atoms with Gasteiger partial charge in [-0.05, 0) is 49.6 Å². The molecule has 0 spiro atoms. The number of amides is 1. The monoisotopic (exact) mass is 405 g/mol. The van der Waals surface area contributed by atoms with Crippen LogP contribution in [0, 0.1) is 6.92 Å².